The van der Waals surface area contributed by atoms with Gasteiger partial charge in [0.25, 0.3) is 0 Å². The lowest BCUT2D eigenvalue weighted by Crippen LogP contribution is -2.19. The topological polar surface area (TPSA) is 42.2 Å². The molecule has 1 aliphatic heterocycles. The molecule has 4 heterocycles. The molecule has 0 saturated carbocycles. The van der Waals surface area contributed by atoms with Crippen LogP contribution in [-0.4, -0.2) is 14.4 Å². The van der Waals surface area contributed by atoms with Crippen molar-refractivity contribution < 1.29 is 0 Å². The first-order valence-electron chi connectivity index (χ1n) is 12.7. The van der Waals surface area contributed by atoms with E-state index in [-0.39, 0.29) is 6.04 Å². The number of anilines is 1. The summed E-state index contributed by atoms with van der Waals surface area (Å²) in [5, 5.41) is 4.87. The van der Waals surface area contributed by atoms with E-state index >= 15 is 0 Å². The normalized spacial score (nSPS) is 14.3. The number of fused-ring (bicyclic) bond motifs is 6. The van der Waals surface area contributed by atoms with Gasteiger partial charge in [-0.15, -0.1) is 11.3 Å². The molecule has 1 unspecified atom stereocenters. The molecule has 0 aliphatic carbocycles. The highest BCUT2D eigenvalue weighted by atomic mass is 32.1. The van der Waals surface area contributed by atoms with Gasteiger partial charge in [-0.3, -0.25) is 4.40 Å². The van der Waals surface area contributed by atoms with Gasteiger partial charge >= 0.3 is 0 Å². The van der Waals surface area contributed by atoms with Crippen molar-refractivity contribution in [1.29, 1.82) is 0 Å². The van der Waals surface area contributed by atoms with Gasteiger partial charge < -0.3 is 5.32 Å². The van der Waals surface area contributed by atoms with Gasteiger partial charge in [0.15, 0.2) is 0 Å². The largest absolute Gasteiger partial charge is 0.358 e. The van der Waals surface area contributed by atoms with E-state index in [2.05, 4.69) is 113 Å². The first kappa shape index (κ1) is 21.4. The molecule has 180 valence electrons. The van der Waals surface area contributed by atoms with E-state index in [0.29, 0.717) is 0 Å². The number of imidazole rings is 1. The summed E-state index contributed by atoms with van der Waals surface area (Å²) >= 11 is 1.74. The lowest BCUT2D eigenvalue weighted by atomic mass is 9.89. The van der Waals surface area contributed by atoms with Crippen molar-refractivity contribution >= 4 is 33.0 Å². The third-order valence-electron chi connectivity index (χ3n) is 7.30. The van der Waals surface area contributed by atoms with Crippen molar-refractivity contribution in [3.63, 3.8) is 0 Å². The van der Waals surface area contributed by atoms with Crippen LogP contribution in [-0.2, 0) is 0 Å². The molecule has 38 heavy (non-hydrogen) atoms. The fourth-order valence-electron chi connectivity index (χ4n) is 5.47. The molecule has 0 amide bonds. The summed E-state index contributed by atoms with van der Waals surface area (Å²) in [5.41, 5.74) is 10.1. The molecule has 0 fully saturated rings. The average Bonchev–Trinajstić information content (AvgIpc) is 3.59. The zero-order chi connectivity index (χ0) is 25.1. The number of thiazole rings is 1. The Kier molecular flexibility index (Phi) is 4.72. The minimum Gasteiger partial charge on any atom is -0.358 e. The van der Waals surface area contributed by atoms with Crippen LogP contribution in [0, 0.1) is 0 Å². The van der Waals surface area contributed by atoms with Crippen LogP contribution < -0.4 is 5.32 Å². The van der Waals surface area contributed by atoms with Gasteiger partial charge in [-0.1, -0.05) is 84.9 Å². The Morgan fingerprint density at radius 2 is 1.50 bits per heavy atom. The predicted octanol–water partition coefficient (Wildman–Crippen LogP) is 8.46. The van der Waals surface area contributed by atoms with E-state index < -0.39 is 0 Å². The maximum absolute atomic E-state index is 4.96. The summed E-state index contributed by atoms with van der Waals surface area (Å²) in [5.74, 6) is 1.03. The summed E-state index contributed by atoms with van der Waals surface area (Å²) in [7, 11) is 0. The van der Waals surface area contributed by atoms with Crippen LogP contribution in [0.3, 0.4) is 0 Å². The van der Waals surface area contributed by atoms with E-state index in [0.717, 1.165) is 33.2 Å². The van der Waals surface area contributed by atoms with Gasteiger partial charge in [0.2, 0.25) is 0 Å². The molecule has 0 radical (unpaired) electrons. The van der Waals surface area contributed by atoms with Gasteiger partial charge in [0.1, 0.15) is 22.2 Å². The van der Waals surface area contributed by atoms with Crippen LogP contribution in [0.25, 0.3) is 48.8 Å². The van der Waals surface area contributed by atoms with Crippen molar-refractivity contribution in [2.75, 3.05) is 5.32 Å². The van der Waals surface area contributed by atoms with Crippen LogP contribution in [0.15, 0.2) is 121 Å². The Bertz CT molecular complexity index is 1970. The Labute approximate surface area is 223 Å². The number of nitrogens with zero attached hydrogens (tertiary/aromatic N) is 3. The zero-order valence-corrected chi connectivity index (χ0v) is 21.2. The monoisotopic (exact) mass is 506 g/mol. The van der Waals surface area contributed by atoms with E-state index in [4.69, 9.17) is 9.97 Å². The van der Waals surface area contributed by atoms with Crippen LogP contribution in [0.1, 0.15) is 17.2 Å². The Morgan fingerprint density at radius 3 is 2.45 bits per heavy atom. The maximum atomic E-state index is 4.96. The SMILES string of the molecule is c1ccc(-c2nc3cc(-c4cccc(C5Nc6c(nc7ccccn67)-c6ccccc65)c4)ccc3s2)cc1. The molecule has 0 bridgehead atoms. The van der Waals surface area contributed by atoms with Crippen LogP contribution in [0.4, 0.5) is 5.82 Å². The molecule has 1 N–H and O–H groups in total. The fraction of sp³-hybridized carbons (Fsp3) is 0.0303. The molecule has 0 saturated heterocycles. The van der Waals surface area contributed by atoms with E-state index in [1.165, 1.54) is 32.5 Å². The summed E-state index contributed by atoms with van der Waals surface area (Å²) in [6.07, 6.45) is 2.07. The minimum atomic E-state index is 0.0199. The second kappa shape index (κ2) is 8.40. The van der Waals surface area contributed by atoms with Gasteiger partial charge in [-0.05, 0) is 52.6 Å². The quantitative estimate of drug-likeness (QED) is 0.261. The number of nitrogens with one attached hydrogen (secondary N) is 1. The summed E-state index contributed by atoms with van der Waals surface area (Å²) < 4.78 is 3.34. The smallest absolute Gasteiger partial charge is 0.139 e. The standard InChI is InChI=1S/C33H22N4S/c1-2-9-21(10-3-1)33-34-27-20-23(16-17-28(27)38-33)22-11-8-12-24(19-22)30-25-13-4-5-14-26(25)31-32(36-30)37-18-7-6-15-29(37)35-31/h1-20,30,36H. The highest BCUT2D eigenvalue weighted by Gasteiger charge is 2.29. The number of hydrogen-bond acceptors (Lipinski definition) is 4. The van der Waals surface area contributed by atoms with Crippen LogP contribution in [0.2, 0.25) is 0 Å². The highest BCUT2D eigenvalue weighted by molar-refractivity contribution is 7.21. The minimum absolute atomic E-state index is 0.0199. The molecule has 0 spiro atoms. The van der Waals surface area contributed by atoms with Gasteiger partial charge in [-0.25, -0.2) is 9.97 Å². The van der Waals surface area contributed by atoms with E-state index in [9.17, 15) is 0 Å². The van der Waals surface area contributed by atoms with Crippen molar-refractivity contribution in [3.8, 4) is 33.0 Å². The number of pyridine rings is 1. The van der Waals surface area contributed by atoms with Gasteiger partial charge in [0, 0.05) is 17.3 Å². The summed E-state index contributed by atoms with van der Waals surface area (Å²) in [6, 6.07) is 40.6. The second-order valence-electron chi connectivity index (χ2n) is 9.60. The Hall–Kier alpha value is -4.74. The van der Waals surface area contributed by atoms with E-state index in [1.54, 1.807) is 11.3 Å². The fourth-order valence-corrected chi connectivity index (χ4v) is 6.42. The second-order valence-corrected chi connectivity index (χ2v) is 10.6. The van der Waals surface area contributed by atoms with Crippen molar-refractivity contribution in [2.45, 2.75) is 6.04 Å². The lowest BCUT2D eigenvalue weighted by molar-refractivity contribution is 0.910. The molecule has 3 aromatic heterocycles. The number of aromatic nitrogens is 3. The first-order chi connectivity index (χ1) is 18.8. The molecule has 1 aliphatic rings. The van der Waals surface area contributed by atoms with Gasteiger partial charge in [0.05, 0.1) is 16.3 Å². The Morgan fingerprint density at radius 1 is 0.684 bits per heavy atom. The average molecular weight is 507 g/mol. The maximum Gasteiger partial charge on any atom is 0.139 e. The number of benzene rings is 4. The molecule has 1 atom stereocenters. The van der Waals surface area contributed by atoms with Crippen LogP contribution in [0.5, 0.6) is 0 Å². The third kappa shape index (κ3) is 3.36. The molecule has 5 heteroatoms. The van der Waals surface area contributed by atoms with Crippen molar-refractivity contribution in [3.05, 3.63) is 133 Å². The first-order valence-corrected chi connectivity index (χ1v) is 13.5. The van der Waals surface area contributed by atoms with E-state index in [1.807, 2.05) is 18.2 Å². The Balaban J connectivity index is 1.21. The molecule has 7 aromatic rings. The molecule has 8 rings (SSSR count). The van der Waals surface area contributed by atoms with Crippen molar-refractivity contribution in [1.82, 2.24) is 14.4 Å². The van der Waals surface area contributed by atoms with Crippen molar-refractivity contribution in [2.24, 2.45) is 0 Å². The molecular weight excluding hydrogens is 484 g/mol. The van der Waals surface area contributed by atoms with Gasteiger partial charge in [-0.2, -0.15) is 0 Å². The summed E-state index contributed by atoms with van der Waals surface area (Å²) in [4.78, 5) is 9.89. The molecule has 4 aromatic carbocycles. The lowest BCUT2D eigenvalue weighted by Gasteiger charge is -2.28. The number of hydrogen-bond donors (Lipinski definition) is 1. The number of rotatable bonds is 3. The summed E-state index contributed by atoms with van der Waals surface area (Å²) in [6.45, 7) is 0. The molecule has 4 nitrogen and oxygen atoms in total. The molecular formula is C33H22N4S. The third-order valence-corrected chi connectivity index (χ3v) is 8.38. The predicted molar refractivity (Wildman–Crippen MR) is 157 cm³/mol. The highest BCUT2D eigenvalue weighted by Crippen LogP contribution is 2.43. The van der Waals surface area contributed by atoms with Crippen LogP contribution >= 0.6 is 11.3 Å². The zero-order valence-electron chi connectivity index (χ0n) is 20.4.